The molecule has 84 valence electrons. The average Bonchev–Trinajstić information content (AvgIpc) is 2.48. The molecule has 1 aliphatic rings. The van der Waals surface area contributed by atoms with Gasteiger partial charge in [-0.1, -0.05) is 6.42 Å². The number of rotatable bonds is 2. The summed E-state index contributed by atoms with van der Waals surface area (Å²) in [6.45, 7) is 5.59. The minimum absolute atomic E-state index is 0.0533. The number of carbonyl (C=O) groups excluding carboxylic acids is 1. The molecule has 0 aromatic carbocycles. The topological polar surface area (TPSA) is 50.1 Å². The summed E-state index contributed by atoms with van der Waals surface area (Å²) in [5.41, 5.74) is -0.419. The Balaban J connectivity index is 2.42. The second kappa shape index (κ2) is 4.65. The maximum absolute atomic E-state index is 11.5. The monoisotopic (exact) mass is 209 g/mol. The van der Waals surface area contributed by atoms with E-state index in [1.165, 1.54) is 0 Å². The van der Waals surface area contributed by atoms with Gasteiger partial charge in [0.15, 0.2) is 0 Å². The van der Waals surface area contributed by atoms with Crippen molar-refractivity contribution >= 4 is 5.97 Å². The summed E-state index contributed by atoms with van der Waals surface area (Å²) in [5, 5.41) is 8.88. The fourth-order valence-electron chi connectivity index (χ4n) is 2.05. The zero-order valence-corrected chi connectivity index (χ0v) is 9.75. The molecule has 0 radical (unpaired) electrons. The predicted octanol–water partition coefficient (Wildman–Crippen LogP) is 2.66. The van der Waals surface area contributed by atoms with E-state index in [4.69, 9.17) is 10.00 Å². The van der Waals surface area contributed by atoms with E-state index in [9.17, 15) is 4.79 Å². The summed E-state index contributed by atoms with van der Waals surface area (Å²) >= 11 is 0. The highest BCUT2D eigenvalue weighted by Gasteiger charge is 2.30. The van der Waals surface area contributed by atoms with Crippen LogP contribution in [0.2, 0.25) is 0 Å². The fraction of sp³-hybridized carbons (Fsp3) is 0.833. The van der Waals surface area contributed by atoms with Crippen LogP contribution in [-0.4, -0.2) is 11.6 Å². The smallest absolute Gasteiger partial charge is 0.306 e. The lowest BCUT2D eigenvalue weighted by Crippen LogP contribution is -2.25. The fourth-order valence-corrected chi connectivity index (χ4v) is 2.05. The Morgan fingerprint density at radius 2 is 2.13 bits per heavy atom. The molecule has 0 saturated heterocycles. The maximum atomic E-state index is 11.5. The molecule has 0 unspecified atom stereocenters. The Morgan fingerprint density at radius 1 is 1.47 bits per heavy atom. The molecule has 0 aromatic heterocycles. The molecule has 3 heteroatoms. The molecule has 15 heavy (non-hydrogen) atoms. The standard InChI is InChI=1S/C12H19NO2/c1-12(2,3)15-11(14)7-9-5-4-6-10(9)8-13/h9-10H,4-7H2,1-3H3/t9-,10+/m1/s1. The minimum Gasteiger partial charge on any atom is -0.460 e. The number of carbonyl (C=O) groups is 1. The van der Waals surface area contributed by atoms with Gasteiger partial charge >= 0.3 is 5.97 Å². The lowest BCUT2D eigenvalue weighted by molar-refractivity contribution is -0.156. The van der Waals surface area contributed by atoms with Crippen LogP contribution in [0.25, 0.3) is 0 Å². The van der Waals surface area contributed by atoms with Crippen molar-refractivity contribution in [3.8, 4) is 6.07 Å². The van der Waals surface area contributed by atoms with E-state index in [1.807, 2.05) is 20.8 Å². The molecule has 1 aliphatic carbocycles. The van der Waals surface area contributed by atoms with Gasteiger partial charge < -0.3 is 4.74 Å². The average molecular weight is 209 g/mol. The van der Waals surface area contributed by atoms with Gasteiger partial charge in [-0.2, -0.15) is 5.26 Å². The zero-order chi connectivity index (χ0) is 11.5. The highest BCUT2D eigenvalue weighted by atomic mass is 16.6. The first-order valence-corrected chi connectivity index (χ1v) is 5.54. The van der Waals surface area contributed by atoms with Gasteiger partial charge in [-0.05, 0) is 39.5 Å². The normalized spacial score (nSPS) is 26.0. The summed E-state index contributed by atoms with van der Waals surface area (Å²) in [7, 11) is 0. The van der Waals surface area contributed by atoms with Gasteiger partial charge in [-0.25, -0.2) is 0 Å². The van der Waals surface area contributed by atoms with Gasteiger partial charge in [-0.3, -0.25) is 4.79 Å². The molecule has 0 aromatic rings. The van der Waals surface area contributed by atoms with Crippen LogP contribution in [0.3, 0.4) is 0 Å². The molecule has 1 rings (SSSR count). The van der Waals surface area contributed by atoms with Gasteiger partial charge in [0.05, 0.1) is 6.07 Å². The first-order chi connectivity index (χ1) is 6.92. The first kappa shape index (κ1) is 12.0. The van der Waals surface area contributed by atoms with Gasteiger partial charge in [0.25, 0.3) is 0 Å². The summed E-state index contributed by atoms with van der Waals surface area (Å²) in [6.07, 6.45) is 3.38. The molecule has 0 aliphatic heterocycles. The van der Waals surface area contributed by atoms with Crippen molar-refractivity contribution in [2.75, 3.05) is 0 Å². The van der Waals surface area contributed by atoms with E-state index in [0.29, 0.717) is 6.42 Å². The molecule has 0 spiro atoms. The quantitative estimate of drug-likeness (QED) is 0.657. The lowest BCUT2D eigenvalue weighted by Gasteiger charge is -2.21. The predicted molar refractivity (Wildman–Crippen MR) is 56.9 cm³/mol. The molecule has 0 N–H and O–H groups in total. The van der Waals surface area contributed by atoms with Crippen molar-refractivity contribution in [3.63, 3.8) is 0 Å². The Kier molecular flexibility index (Phi) is 3.73. The van der Waals surface area contributed by atoms with Gasteiger partial charge in [0.2, 0.25) is 0 Å². The molecule has 0 heterocycles. The van der Waals surface area contributed by atoms with E-state index < -0.39 is 5.60 Å². The van der Waals surface area contributed by atoms with Crippen LogP contribution >= 0.6 is 0 Å². The van der Waals surface area contributed by atoms with Crippen LogP contribution in [0.15, 0.2) is 0 Å². The van der Waals surface area contributed by atoms with Crippen molar-refractivity contribution in [1.29, 1.82) is 5.26 Å². The SMILES string of the molecule is CC(C)(C)OC(=O)C[C@H]1CCC[C@H]1C#N. The number of nitriles is 1. The van der Waals surface area contributed by atoms with Crippen LogP contribution < -0.4 is 0 Å². The third-order valence-corrected chi connectivity index (χ3v) is 2.67. The molecule has 0 bridgehead atoms. The molecule has 1 saturated carbocycles. The molecule has 0 amide bonds. The number of hydrogen-bond acceptors (Lipinski definition) is 3. The van der Waals surface area contributed by atoms with Crippen molar-refractivity contribution in [2.45, 2.75) is 52.1 Å². The number of esters is 1. The molecule has 2 atom stereocenters. The van der Waals surface area contributed by atoms with E-state index in [-0.39, 0.29) is 17.8 Å². The van der Waals surface area contributed by atoms with Gasteiger partial charge in [0.1, 0.15) is 5.60 Å². The van der Waals surface area contributed by atoms with E-state index in [1.54, 1.807) is 0 Å². The second-order valence-electron chi connectivity index (χ2n) is 5.22. The van der Waals surface area contributed by atoms with Crippen molar-refractivity contribution in [3.05, 3.63) is 0 Å². The number of hydrogen-bond donors (Lipinski definition) is 0. The molecule has 3 nitrogen and oxygen atoms in total. The number of ether oxygens (including phenoxy) is 1. The van der Waals surface area contributed by atoms with Crippen LogP contribution in [0.5, 0.6) is 0 Å². The van der Waals surface area contributed by atoms with Gasteiger partial charge in [-0.15, -0.1) is 0 Å². The Hall–Kier alpha value is -1.04. The van der Waals surface area contributed by atoms with E-state index in [0.717, 1.165) is 19.3 Å². The molecular weight excluding hydrogens is 190 g/mol. The van der Waals surface area contributed by atoms with E-state index in [2.05, 4.69) is 6.07 Å². The minimum atomic E-state index is -0.419. The lowest BCUT2D eigenvalue weighted by atomic mass is 9.94. The van der Waals surface area contributed by atoms with Crippen molar-refractivity contribution < 1.29 is 9.53 Å². The van der Waals surface area contributed by atoms with Crippen molar-refractivity contribution in [2.24, 2.45) is 11.8 Å². The highest BCUT2D eigenvalue weighted by Crippen LogP contribution is 2.34. The van der Waals surface area contributed by atoms with Crippen LogP contribution in [0.1, 0.15) is 46.5 Å². The Labute approximate surface area is 91.4 Å². The van der Waals surface area contributed by atoms with Crippen LogP contribution in [-0.2, 0) is 9.53 Å². The van der Waals surface area contributed by atoms with Crippen molar-refractivity contribution in [1.82, 2.24) is 0 Å². The van der Waals surface area contributed by atoms with Crippen LogP contribution in [0.4, 0.5) is 0 Å². The van der Waals surface area contributed by atoms with Crippen LogP contribution in [0, 0.1) is 23.2 Å². The van der Waals surface area contributed by atoms with Gasteiger partial charge in [0, 0.05) is 12.3 Å². The summed E-state index contributed by atoms with van der Waals surface area (Å²) in [4.78, 5) is 11.5. The zero-order valence-electron chi connectivity index (χ0n) is 9.75. The highest BCUT2D eigenvalue weighted by molar-refractivity contribution is 5.70. The maximum Gasteiger partial charge on any atom is 0.306 e. The first-order valence-electron chi connectivity index (χ1n) is 5.54. The number of nitrogens with zero attached hydrogens (tertiary/aromatic N) is 1. The molecule has 1 fully saturated rings. The summed E-state index contributed by atoms with van der Waals surface area (Å²) in [6, 6.07) is 2.27. The van der Waals surface area contributed by atoms with E-state index >= 15 is 0 Å². The Morgan fingerprint density at radius 3 is 2.67 bits per heavy atom. The summed E-state index contributed by atoms with van der Waals surface area (Å²) < 4.78 is 5.24. The Bertz CT molecular complexity index is 272. The largest absolute Gasteiger partial charge is 0.460 e. The third-order valence-electron chi connectivity index (χ3n) is 2.67. The second-order valence-corrected chi connectivity index (χ2v) is 5.22. The summed E-state index contributed by atoms with van der Waals surface area (Å²) in [5.74, 6) is 0.0945. The molecular formula is C12H19NO2. The third kappa shape index (κ3) is 3.91.